The second-order valence-electron chi connectivity index (χ2n) is 7.57. The minimum atomic E-state index is -0.280. The molecule has 0 aliphatic heterocycles. The van der Waals surface area contributed by atoms with Gasteiger partial charge in [0.2, 0.25) is 5.89 Å². The summed E-state index contributed by atoms with van der Waals surface area (Å²) < 4.78 is 6.89. The number of rotatable bonds is 3. The molecule has 6 aromatic rings. The van der Waals surface area contributed by atoms with E-state index >= 15 is 0 Å². The van der Waals surface area contributed by atoms with E-state index in [-0.39, 0.29) is 5.91 Å². The van der Waals surface area contributed by atoms with Crippen molar-refractivity contribution in [1.82, 2.24) is 4.98 Å². The van der Waals surface area contributed by atoms with Crippen molar-refractivity contribution >= 4 is 78.1 Å². The third-order valence-electron chi connectivity index (χ3n) is 5.45. The van der Waals surface area contributed by atoms with E-state index in [0.29, 0.717) is 32.1 Å². The van der Waals surface area contributed by atoms with E-state index in [0.717, 1.165) is 31.9 Å². The summed E-state index contributed by atoms with van der Waals surface area (Å²) in [5.74, 6) is 0.213. The number of oxazole rings is 1. The van der Waals surface area contributed by atoms with Crippen LogP contribution < -0.4 is 5.32 Å². The Morgan fingerprint density at radius 2 is 1.79 bits per heavy atom. The van der Waals surface area contributed by atoms with E-state index in [1.54, 1.807) is 6.07 Å². The molecule has 0 radical (unpaired) electrons. The number of benzene rings is 4. The Labute approximate surface area is 202 Å². The van der Waals surface area contributed by atoms with Gasteiger partial charge in [-0.3, -0.25) is 4.79 Å². The average molecular weight is 489 g/mol. The molecule has 1 N–H and O–H groups in total. The average Bonchev–Trinajstić information content (AvgIpc) is 3.41. The molecule has 0 spiro atoms. The maximum absolute atomic E-state index is 13.0. The molecule has 0 aliphatic rings. The minimum Gasteiger partial charge on any atom is -0.436 e. The molecule has 2 heterocycles. The molecule has 160 valence electrons. The van der Waals surface area contributed by atoms with Gasteiger partial charge in [-0.05, 0) is 41.8 Å². The van der Waals surface area contributed by atoms with Crippen LogP contribution in [0.3, 0.4) is 0 Å². The van der Waals surface area contributed by atoms with Crippen LogP contribution in [-0.2, 0) is 0 Å². The highest BCUT2D eigenvalue weighted by Crippen LogP contribution is 2.37. The Hall–Kier alpha value is -3.38. The summed E-state index contributed by atoms with van der Waals surface area (Å²) in [7, 11) is 0. The standard InChI is InChI=1S/C26H14Cl2N2O2S/c27-16-9-10-19-21(13-16)33-24(22(19)28)25(31)29-17-6-3-5-15(12-17)26-30-23-18-7-2-1-4-14(18)8-11-20(23)32-26/h1-13H,(H,29,31). The van der Waals surface area contributed by atoms with Gasteiger partial charge in [-0.2, -0.15) is 0 Å². The number of anilines is 1. The first-order chi connectivity index (χ1) is 16.1. The minimum absolute atomic E-state index is 0.280. The summed E-state index contributed by atoms with van der Waals surface area (Å²) in [4.78, 5) is 18.1. The van der Waals surface area contributed by atoms with E-state index in [2.05, 4.69) is 5.32 Å². The smallest absolute Gasteiger partial charge is 0.267 e. The van der Waals surface area contributed by atoms with Gasteiger partial charge in [0.05, 0.1) is 5.02 Å². The number of hydrogen-bond donors (Lipinski definition) is 1. The summed E-state index contributed by atoms with van der Waals surface area (Å²) in [6.07, 6.45) is 0. The molecule has 0 bridgehead atoms. The van der Waals surface area contributed by atoms with Gasteiger partial charge in [0.25, 0.3) is 5.91 Å². The molecule has 0 saturated heterocycles. The van der Waals surface area contributed by atoms with Crippen molar-refractivity contribution in [3.05, 3.63) is 93.8 Å². The predicted octanol–water partition coefficient (Wildman–Crippen LogP) is 8.42. The van der Waals surface area contributed by atoms with Gasteiger partial charge in [0.1, 0.15) is 10.4 Å². The second kappa shape index (κ2) is 7.89. The van der Waals surface area contributed by atoms with E-state index in [9.17, 15) is 4.79 Å². The second-order valence-corrected chi connectivity index (χ2v) is 9.44. The van der Waals surface area contributed by atoms with Crippen LogP contribution in [-0.4, -0.2) is 10.9 Å². The quantitative estimate of drug-likeness (QED) is 0.272. The van der Waals surface area contributed by atoms with Gasteiger partial charge in [0, 0.05) is 31.7 Å². The molecule has 0 atom stereocenters. The van der Waals surface area contributed by atoms with Crippen LogP contribution in [0.15, 0.2) is 83.3 Å². The number of carbonyl (C=O) groups is 1. The Kier molecular flexibility index (Phi) is 4.84. The predicted molar refractivity (Wildman–Crippen MR) is 137 cm³/mol. The maximum Gasteiger partial charge on any atom is 0.267 e. The van der Waals surface area contributed by atoms with Crippen molar-refractivity contribution in [3.8, 4) is 11.5 Å². The molecular formula is C26H14Cl2N2O2S. The van der Waals surface area contributed by atoms with Crippen molar-refractivity contribution < 1.29 is 9.21 Å². The topological polar surface area (TPSA) is 55.1 Å². The maximum atomic E-state index is 13.0. The zero-order valence-corrected chi connectivity index (χ0v) is 19.3. The van der Waals surface area contributed by atoms with Crippen LogP contribution in [0, 0.1) is 0 Å². The largest absolute Gasteiger partial charge is 0.436 e. The van der Waals surface area contributed by atoms with Gasteiger partial charge in [-0.15, -0.1) is 11.3 Å². The lowest BCUT2D eigenvalue weighted by atomic mass is 10.1. The number of fused-ring (bicyclic) bond motifs is 4. The lowest BCUT2D eigenvalue weighted by Crippen LogP contribution is -2.10. The zero-order chi connectivity index (χ0) is 22.5. The van der Waals surface area contributed by atoms with Crippen LogP contribution in [0.2, 0.25) is 10.0 Å². The van der Waals surface area contributed by atoms with Gasteiger partial charge in [-0.1, -0.05) is 65.7 Å². The number of amides is 1. The van der Waals surface area contributed by atoms with E-state index in [4.69, 9.17) is 32.6 Å². The van der Waals surface area contributed by atoms with Crippen LogP contribution in [0.1, 0.15) is 9.67 Å². The first kappa shape index (κ1) is 20.2. The molecule has 7 heteroatoms. The van der Waals surface area contributed by atoms with E-state index in [1.807, 2.05) is 72.8 Å². The van der Waals surface area contributed by atoms with Crippen LogP contribution in [0.5, 0.6) is 0 Å². The monoisotopic (exact) mass is 488 g/mol. The highest BCUT2D eigenvalue weighted by molar-refractivity contribution is 7.21. The third-order valence-corrected chi connectivity index (χ3v) is 7.34. The molecule has 0 aliphatic carbocycles. The molecule has 1 amide bonds. The Bertz CT molecular complexity index is 1700. The number of thiophene rings is 1. The summed E-state index contributed by atoms with van der Waals surface area (Å²) in [5.41, 5.74) is 2.92. The SMILES string of the molecule is O=C(Nc1cccc(-c2nc3c(ccc4ccccc43)o2)c1)c1sc2cc(Cl)ccc2c1Cl. The molecular weight excluding hydrogens is 475 g/mol. The summed E-state index contributed by atoms with van der Waals surface area (Å²) in [6, 6.07) is 24.8. The summed E-state index contributed by atoms with van der Waals surface area (Å²) in [6.45, 7) is 0. The van der Waals surface area contributed by atoms with Gasteiger partial charge in [0.15, 0.2) is 5.58 Å². The molecule has 0 unspecified atom stereocenters. The Balaban J connectivity index is 1.34. The van der Waals surface area contributed by atoms with Crippen molar-refractivity contribution in [2.75, 3.05) is 5.32 Å². The van der Waals surface area contributed by atoms with E-state index < -0.39 is 0 Å². The fourth-order valence-electron chi connectivity index (χ4n) is 3.89. The summed E-state index contributed by atoms with van der Waals surface area (Å²) in [5, 5.41) is 6.91. The third kappa shape index (κ3) is 3.55. The molecule has 2 aromatic heterocycles. The van der Waals surface area contributed by atoms with Crippen LogP contribution in [0.25, 0.3) is 43.4 Å². The number of carbonyl (C=O) groups excluding carboxylic acids is 1. The van der Waals surface area contributed by atoms with Crippen LogP contribution >= 0.6 is 34.5 Å². The molecule has 4 nitrogen and oxygen atoms in total. The first-order valence-electron chi connectivity index (χ1n) is 10.1. The van der Waals surface area contributed by atoms with Crippen molar-refractivity contribution in [2.45, 2.75) is 0 Å². The number of halogens is 2. The van der Waals surface area contributed by atoms with Crippen molar-refractivity contribution in [3.63, 3.8) is 0 Å². The fraction of sp³-hybridized carbons (Fsp3) is 0. The fourth-order valence-corrected chi connectivity index (χ4v) is 5.58. The zero-order valence-electron chi connectivity index (χ0n) is 16.9. The summed E-state index contributed by atoms with van der Waals surface area (Å²) >= 11 is 13.9. The lowest BCUT2D eigenvalue weighted by molar-refractivity contribution is 0.103. The van der Waals surface area contributed by atoms with Gasteiger partial charge < -0.3 is 9.73 Å². The highest BCUT2D eigenvalue weighted by atomic mass is 35.5. The molecule has 4 aromatic carbocycles. The molecule has 6 rings (SSSR count). The van der Waals surface area contributed by atoms with Crippen molar-refractivity contribution in [1.29, 1.82) is 0 Å². The number of nitrogens with zero attached hydrogens (tertiary/aromatic N) is 1. The normalized spacial score (nSPS) is 11.5. The lowest BCUT2D eigenvalue weighted by Gasteiger charge is -2.05. The molecule has 0 saturated carbocycles. The molecule has 33 heavy (non-hydrogen) atoms. The van der Waals surface area contributed by atoms with Gasteiger partial charge in [-0.25, -0.2) is 4.98 Å². The number of aromatic nitrogens is 1. The van der Waals surface area contributed by atoms with Crippen molar-refractivity contribution in [2.24, 2.45) is 0 Å². The highest BCUT2D eigenvalue weighted by Gasteiger charge is 2.18. The first-order valence-corrected chi connectivity index (χ1v) is 11.7. The van der Waals surface area contributed by atoms with Crippen LogP contribution in [0.4, 0.5) is 5.69 Å². The number of nitrogens with one attached hydrogen (secondary N) is 1. The Morgan fingerprint density at radius 3 is 2.70 bits per heavy atom. The Morgan fingerprint density at radius 1 is 0.909 bits per heavy atom. The molecule has 0 fully saturated rings. The van der Waals surface area contributed by atoms with Gasteiger partial charge >= 0.3 is 0 Å². The number of hydrogen-bond acceptors (Lipinski definition) is 4. The van der Waals surface area contributed by atoms with E-state index in [1.165, 1.54) is 11.3 Å².